The van der Waals surface area contributed by atoms with Gasteiger partial charge in [-0.1, -0.05) is 42.5 Å². The van der Waals surface area contributed by atoms with Crippen molar-refractivity contribution in [1.82, 2.24) is 15.2 Å². The fourth-order valence-corrected chi connectivity index (χ4v) is 5.96. The smallest absolute Gasteiger partial charge is 0.254 e. The molecule has 0 bridgehead atoms. The number of phenolic OH excluding ortho intramolecular Hbond substituents is 1. The zero-order chi connectivity index (χ0) is 28.5. The molecule has 1 heterocycles. The van der Waals surface area contributed by atoms with E-state index in [0.717, 1.165) is 24.2 Å². The molecule has 3 aromatic carbocycles. The quantitative estimate of drug-likeness (QED) is 0.269. The number of carbonyl (C=O) groups is 1. The van der Waals surface area contributed by atoms with E-state index < -0.39 is 9.84 Å². The molecular formula is C29H34N4O6S. The highest BCUT2D eigenvalue weighted by atomic mass is 32.2. The topological polar surface area (TPSA) is 121 Å². The Hall–Kier alpha value is -3.93. The molecule has 2 N–H and O–H groups in total. The van der Waals surface area contributed by atoms with Crippen molar-refractivity contribution in [3.05, 3.63) is 83.4 Å². The van der Waals surface area contributed by atoms with Crippen molar-refractivity contribution < 1.29 is 27.8 Å². The van der Waals surface area contributed by atoms with Gasteiger partial charge in [0.15, 0.2) is 9.84 Å². The van der Waals surface area contributed by atoms with Crippen LogP contribution in [0, 0.1) is 0 Å². The number of piperazine rings is 1. The maximum atomic E-state index is 12.9. The molecule has 0 spiro atoms. The maximum Gasteiger partial charge on any atom is 0.254 e. The van der Waals surface area contributed by atoms with Crippen molar-refractivity contribution in [2.75, 3.05) is 46.9 Å². The van der Waals surface area contributed by atoms with Crippen LogP contribution in [-0.4, -0.2) is 82.4 Å². The van der Waals surface area contributed by atoms with E-state index in [1.807, 2.05) is 29.2 Å². The number of hydrogen-bond acceptors (Lipinski definition) is 9. The first kappa shape index (κ1) is 29.1. The number of phenols is 1. The summed E-state index contributed by atoms with van der Waals surface area (Å²) >= 11 is 0. The molecule has 1 amide bonds. The van der Waals surface area contributed by atoms with Gasteiger partial charge in [-0.15, -0.1) is 0 Å². The Balaban J connectivity index is 1.28. The Kier molecular flexibility index (Phi) is 9.75. The summed E-state index contributed by atoms with van der Waals surface area (Å²) in [5.74, 6) is 0.409. The van der Waals surface area contributed by atoms with Gasteiger partial charge in [-0.2, -0.15) is 5.10 Å². The molecule has 0 unspecified atom stereocenters. The molecule has 0 aromatic heterocycles. The summed E-state index contributed by atoms with van der Waals surface area (Å²) in [7, 11) is -0.489. The molecule has 40 heavy (non-hydrogen) atoms. The minimum atomic E-state index is -3.44. The van der Waals surface area contributed by atoms with Gasteiger partial charge in [0.1, 0.15) is 17.2 Å². The van der Waals surface area contributed by atoms with Gasteiger partial charge in [-0.3, -0.25) is 14.6 Å². The van der Waals surface area contributed by atoms with Crippen LogP contribution in [0.2, 0.25) is 0 Å². The third-order valence-electron chi connectivity index (χ3n) is 6.72. The Bertz CT molecular complexity index is 1440. The fraction of sp³-hybridized carbons (Fsp3) is 0.310. The average molecular weight is 567 g/mol. The van der Waals surface area contributed by atoms with Crippen LogP contribution in [0.15, 0.2) is 76.7 Å². The normalized spacial score (nSPS) is 14.8. The van der Waals surface area contributed by atoms with Crippen LogP contribution >= 0.6 is 0 Å². The van der Waals surface area contributed by atoms with Gasteiger partial charge in [0, 0.05) is 44.9 Å². The lowest BCUT2D eigenvalue weighted by atomic mass is 10.1. The number of carbonyl (C=O) groups excluding carboxylic acids is 1. The van der Waals surface area contributed by atoms with Crippen molar-refractivity contribution in [2.45, 2.75) is 17.2 Å². The molecular weight excluding hydrogens is 532 g/mol. The maximum absolute atomic E-state index is 12.9. The number of ether oxygens (including phenoxy) is 2. The van der Waals surface area contributed by atoms with Gasteiger partial charge >= 0.3 is 0 Å². The molecule has 1 aliphatic heterocycles. The minimum absolute atomic E-state index is 0.0476. The first-order valence-corrected chi connectivity index (χ1v) is 14.5. The Morgan fingerprint density at radius 2 is 1.60 bits per heavy atom. The summed E-state index contributed by atoms with van der Waals surface area (Å²) < 4.78 is 36.2. The lowest BCUT2D eigenvalue weighted by Gasteiger charge is -2.34. The SMILES string of the molecule is COc1cc(O)c(C=NNC(=O)CN2CCN(Cc3ccccc3CS(=O)(=O)c3ccccc3)CC2)c(OC)c1. The van der Waals surface area contributed by atoms with E-state index >= 15 is 0 Å². The standard InChI is InChI=1S/C29H34N4O6S/c1-38-24-16-27(34)26(28(17-24)39-2)18-30-31-29(35)20-33-14-12-32(13-15-33)19-22-8-6-7-9-23(22)21-40(36,37)25-10-4-3-5-11-25/h3-11,16-18,34H,12-15,19-21H2,1-2H3,(H,31,35). The van der Waals surface area contributed by atoms with E-state index in [2.05, 4.69) is 15.4 Å². The van der Waals surface area contributed by atoms with Gasteiger partial charge in [-0.25, -0.2) is 13.8 Å². The van der Waals surface area contributed by atoms with E-state index in [1.54, 1.807) is 36.4 Å². The van der Waals surface area contributed by atoms with E-state index in [1.165, 1.54) is 26.5 Å². The number of nitrogens with one attached hydrogen (secondary N) is 1. The van der Waals surface area contributed by atoms with Gasteiger partial charge < -0.3 is 14.6 Å². The average Bonchev–Trinajstić information content (AvgIpc) is 2.96. The zero-order valence-corrected chi connectivity index (χ0v) is 23.4. The van der Waals surface area contributed by atoms with Gasteiger partial charge in [0.25, 0.3) is 5.91 Å². The van der Waals surface area contributed by atoms with Crippen LogP contribution in [-0.2, 0) is 26.9 Å². The van der Waals surface area contributed by atoms with Crippen molar-refractivity contribution in [1.29, 1.82) is 0 Å². The highest BCUT2D eigenvalue weighted by Gasteiger charge is 2.22. The van der Waals surface area contributed by atoms with Crippen LogP contribution in [0.3, 0.4) is 0 Å². The lowest BCUT2D eigenvalue weighted by molar-refractivity contribution is -0.122. The fourth-order valence-electron chi connectivity index (χ4n) is 4.53. The second-order valence-electron chi connectivity index (χ2n) is 9.45. The van der Waals surface area contributed by atoms with Gasteiger partial charge in [-0.05, 0) is 23.3 Å². The lowest BCUT2D eigenvalue weighted by Crippen LogP contribution is -2.48. The number of amides is 1. The summed E-state index contributed by atoms with van der Waals surface area (Å²) in [5.41, 5.74) is 4.61. The number of nitrogens with zero attached hydrogens (tertiary/aromatic N) is 3. The Morgan fingerprint density at radius 1 is 0.950 bits per heavy atom. The molecule has 0 saturated carbocycles. The highest BCUT2D eigenvalue weighted by molar-refractivity contribution is 7.90. The molecule has 0 atom stereocenters. The summed E-state index contributed by atoms with van der Waals surface area (Å²) in [6, 6.07) is 19.2. The molecule has 1 saturated heterocycles. The van der Waals surface area contributed by atoms with Gasteiger partial charge in [0.05, 0.1) is 43.2 Å². The van der Waals surface area contributed by atoms with Crippen LogP contribution in [0.4, 0.5) is 0 Å². The van der Waals surface area contributed by atoms with Crippen molar-refractivity contribution in [3.8, 4) is 17.2 Å². The molecule has 1 fully saturated rings. The summed E-state index contributed by atoms with van der Waals surface area (Å²) in [6.45, 7) is 3.69. The molecule has 3 aromatic rings. The molecule has 0 radical (unpaired) electrons. The first-order chi connectivity index (χ1) is 19.3. The predicted molar refractivity (Wildman–Crippen MR) is 152 cm³/mol. The van der Waals surface area contributed by atoms with Crippen LogP contribution in [0.25, 0.3) is 0 Å². The summed E-state index contributed by atoms with van der Waals surface area (Å²) in [5, 5.41) is 14.2. The van der Waals surface area contributed by atoms with Crippen LogP contribution in [0.1, 0.15) is 16.7 Å². The largest absolute Gasteiger partial charge is 0.507 e. The van der Waals surface area contributed by atoms with Crippen molar-refractivity contribution in [3.63, 3.8) is 0 Å². The number of sulfone groups is 1. The van der Waals surface area contributed by atoms with E-state index in [-0.39, 0.29) is 24.0 Å². The summed E-state index contributed by atoms with van der Waals surface area (Å²) in [6.07, 6.45) is 1.33. The first-order valence-electron chi connectivity index (χ1n) is 12.8. The monoisotopic (exact) mass is 566 g/mol. The number of methoxy groups -OCH3 is 2. The summed E-state index contributed by atoms with van der Waals surface area (Å²) in [4.78, 5) is 17.1. The predicted octanol–water partition coefficient (Wildman–Crippen LogP) is 2.65. The second-order valence-corrected chi connectivity index (χ2v) is 11.4. The van der Waals surface area contributed by atoms with Crippen LogP contribution in [0.5, 0.6) is 17.2 Å². The van der Waals surface area contributed by atoms with E-state index in [4.69, 9.17) is 9.47 Å². The number of benzene rings is 3. The van der Waals surface area contributed by atoms with Crippen molar-refractivity contribution >= 4 is 22.0 Å². The number of aromatic hydroxyl groups is 1. The highest BCUT2D eigenvalue weighted by Crippen LogP contribution is 2.31. The van der Waals surface area contributed by atoms with E-state index in [0.29, 0.717) is 41.6 Å². The number of rotatable bonds is 11. The van der Waals surface area contributed by atoms with Crippen LogP contribution < -0.4 is 14.9 Å². The molecule has 10 nitrogen and oxygen atoms in total. The molecule has 1 aliphatic rings. The molecule has 212 valence electrons. The zero-order valence-electron chi connectivity index (χ0n) is 22.6. The third-order valence-corrected chi connectivity index (χ3v) is 8.41. The number of hydrazone groups is 1. The Labute approximate surface area is 234 Å². The van der Waals surface area contributed by atoms with Gasteiger partial charge in [0.2, 0.25) is 0 Å². The number of hydrogen-bond donors (Lipinski definition) is 2. The Morgan fingerprint density at radius 3 is 2.27 bits per heavy atom. The third kappa shape index (κ3) is 7.59. The second kappa shape index (κ2) is 13.4. The van der Waals surface area contributed by atoms with E-state index in [9.17, 15) is 18.3 Å². The molecule has 4 rings (SSSR count). The minimum Gasteiger partial charge on any atom is -0.507 e. The molecule has 0 aliphatic carbocycles. The molecule has 11 heteroatoms. The van der Waals surface area contributed by atoms with Crippen molar-refractivity contribution in [2.24, 2.45) is 5.10 Å².